The number of allylic oxidation sites excluding steroid dienone is 8. The van der Waals surface area contributed by atoms with Crippen molar-refractivity contribution in [3.05, 3.63) is 132 Å². The topological polar surface area (TPSA) is 124 Å². The summed E-state index contributed by atoms with van der Waals surface area (Å²) in [5.74, 6) is -1.76. The quantitative estimate of drug-likeness (QED) is 0.0390. The minimum Gasteiger partial charge on any atom is -0.344 e. The number of carbonyl (C=O) groups excluding carboxylic acids is 3. The molecule has 3 heterocycles. The SMILES string of the molecule is CC1(C)C(/C=C/C=C/C=C/C=C2/N(CCCCS(=O)(=O)O)c3cc4ccccc4cc3C2(C)C)=[N+](CCCCCC(=O)ON2C(=O)CCC2=O)c2cc3ccccc3cc21. The summed E-state index contributed by atoms with van der Waals surface area (Å²) in [6.45, 7) is 10.3. The van der Waals surface area contributed by atoms with Crippen molar-refractivity contribution >= 4 is 66.5 Å². The van der Waals surface area contributed by atoms with Crippen LogP contribution in [0.4, 0.5) is 11.4 Å². The smallest absolute Gasteiger partial charge is 0.333 e. The second-order valence-electron chi connectivity index (χ2n) is 16.9. The number of nitrogens with zero attached hydrogens (tertiary/aromatic N) is 3. The molecule has 1 N–H and O–H groups in total. The highest BCUT2D eigenvalue weighted by molar-refractivity contribution is 7.85. The van der Waals surface area contributed by atoms with Crippen LogP contribution in [0.25, 0.3) is 21.5 Å². The highest BCUT2D eigenvalue weighted by Gasteiger charge is 2.44. The number of amides is 2. The van der Waals surface area contributed by atoms with Crippen LogP contribution in [0.3, 0.4) is 0 Å². The Morgan fingerprint density at radius 1 is 0.750 bits per heavy atom. The fraction of sp³-hybridized carbons (Fsp3) is 0.347. The van der Waals surface area contributed by atoms with Gasteiger partial charge in [0.2, 0.25) is 5.69 Å². The number of rotatable bonds is 16. The van der Waals surface area contributed by atoms with Crippen LogP contribution in [0.5, 0.6) is 0 Å². The molecule has 1 saturated heterocycles. The minimum absolute atomic E-state index is 0.0749. The molecular weight excluding hydrogens is 775 g/mol. The predicted octanol–water partition coefficient (Wildman–Crippen LogP) is 9.56. The molecule has 3 aliphatic heterocycles. The van der Waals surface area contributed by atoms with Gasteiger partial charge >= 0.3 is 5.97 Å². The molecule has 0 saturated carbocycles. The van der Waals surface area contributed by atoms with Gasteiger partial charge in [-0.25, -0.2) is 4.79 Å². The van der Waals surface area contributed by atoms with E-state index in [1.165, 1.54) is 38.7 Å². The lowest BCUT2D eigenvalue weighted by Crippen LogP contribution is -2.31. The van der Waals surface area contributed by atoms with Crippen LogP contribution in [-0.4, -0.2) is 64.9 Å². The Balaban J connectivity index is 1.07. The highest BCUT2D eigenvalue weighted by atomic mass is 32.2. The molecule has 10 nitrogen and oxygen atoms in total. The molecule has 0 aromatic heterocycles. The summed E-state index contributed by atoms with van der Waals surface area (Å²) < 4.78 is 34.5. The average Bonchev–Trinajstić information content (AvgIpc) is 3.71. The molecule has 312 valence electrons. The molecule has 0 atom stereocenters. The first kappa shape index (κ1) is 42.5. The molecule has 0 unspecified atom stereocenters. The maximum atomic E-state index is 12.4. The Hall–Kier alpha value is -5.65. The molecule has 11 heteroatoms. The predicted molar refractivity (Wildman–Crippen MR) is 238 cm³/mol. The summed E-state index contributed by atoms with van der Waals surface area (Å²) in [7, 11) is -4.02. The lowest BCUT2D eigenvalue weighted by atomic mass is 9.80. The van der Waals surface area contributed by atoms with Crippen LogP contribution in [0.15, 0.2) is 121 Å². The van der Waals surface area contributed by atoms with E-state index in [1.54, 1.807) is 0 Å². The van der Waals surface area contributed by atoms with Gasteiger partial charge in [-0.2, -0.15) is 13.0 Å². The van der Waals surface area contributed by atoms with Gasteiger partial charge in [0.1, 0.15) is 6.54 Å². The largest absolute Gasteiger partial charge is 0.344 e. The average molecular weight is 829 g/mol. The van der Waals surface area contributed by atoms with Gasteiger partial charge in [0.15, 0.2) is 5.71 Å². The van der Waals surface area contributed by atoms with Crippen molar-refractivity contribution < 1.29 is 36.8 Å². The van der Waals surface area contributed by atoms with Crippen molar-refractivity contribution in [2.45, 2.75) is 89.9 Å². The third-order valence-electron chi connectivity index (χ3n) is 12.0. The standard InChI is InChI=1S/C49H53N3O7S/c1-48(2)39-31-35-19-12-14-21-37(35)33-41(39)50(28-16-8-11-25-47(55)59-52-45(53)26-27-46(52)54)43(48)23-9-6-5-7-10-24-44-49(3,4)40-32-36-20-13-15-22-38(36)34-42(40)51(44)29-17-18-30-60(56,57)58/h5-7,9-10,12-15,19-24,31-34H,8,11,16-18,25-30H2,1-4H3/p+1. The summed E-state index contributed by atoms with van der Waals surface area (Å²) in [5.41, 5.74) is 6.52. The summed E-state index contributed by atoms with van der Waals surface area (Å²) in [4.78, 5) is 43.4. The fourth-order valence-electron chi connectivity index (χ4n) is 8.75. The van der Waals surface area contributed by atoms with E-state index in [0.717, 1.165) is 36.2 Å². The van der Waals surface area contributed by atoms with E-state index >= 15 is 0 Å². The van der Waals surface area contributed by atoms with Crippen molar-refractivity contribution in [2.24, 2.45) is 0 Å². The van der Waals surface area contributed by atoms with Crippen molar-refractivity contribution in [3.63, 3.8) is 0 Å². The van der Waals surface area contributed by atoms with Crippen LogP contribution >= 0.6 is 0 Å². The number of benzene rings is 4. The fourth-order valence-corrected chi connectivity index (χ4v) is 9.32. The molecule has 0 radical (unpaired) electrons. The van der Waals surface area contributed by atoms with Crippen LogP contribution in [-0.2, 0) is 40.2 Å². The van der Waals surface area contributed by atoms with E-state index in [2.05, 4.69) is 122 Å². The zero-order valence-electron chi connectivity index (χ0n) is 34.9. The summed E-state index contributed by atoms with van der Waals surface area (Å²) in [6.07, 6.45) is 18.0. The van der Waals surface area contributed by atoms with E-state index in [9.17, 15) is 27.4 Å². The van der Waals surface area contributed by atoms with Gasteiger partial charge in [0.05, 0.1) is 11.2 Å². The molecule has 7 rings (SSSR count). The molecule has 0 bridgehead atoms. The first-order valence-corrected chi connectivity index (χ1v) is 22.5. The van der Waals surface area contributed by atoms with Gasteiger partial charge in [-0.15, -0.1) is 5.06 Å². The lowest BCUT2D eigenvalue weighted by Gasteiger charge is -2.27. The summed E-state index contributed by atoms with van der Waals surface area (Å²) >= 11 is 0. The van der Waals surface area contributed by atoms with Gasteiger partial charge in [-0.3, -0.25) is 14.1 Å². The first-order valence-electron chi connectivity index (χ1n) is 20.9. The second kappa shape index (κ2) is 17.5. The monoisotopic (exact) mass is 828 g/mol. The van der Waals surface area contributed by atoms with Crippen molar-refractivity contribution in [3.8, 4) is 0 Å². The van der Waals surface area contributed by atoms with Gasteiger partial charge in [-0.1, -0.05) is 92.8 Å². The Morgan fingerprint density at radius 3 is 2.02 bits per heavy atom. The van der Waals surface area contributed by atoms with Crippen molar-refractivity contribution in [1.82, 2.24) is 5.06 Å². The molecule has 3 aliphatic rings. The van der Waals surface area contributed by atoms with Gasteiger partial charge < -0.3 is 9.74 Å². The van der Waals surface area contributed by atoms with E-state index in [4.69, 9.17) is 4.84 Å². The molecule has 60 heavy (non-hydrogen) atoms. The first-order chi connectivity index (χ1) is 28.6. The lowest BCUT2D eigenvalue weighted by molar-refractivity contribution is -0.438. The van der Waals surface area contributed by atoms with E-state index in [0.29, 0.717) is 30.9 Å². The Morgan fingerprint density at radius 2 is 1.35 bits per heavy atom. The number of hydrogen-bond donors (Lipinski definition) is 1. The number of fused-ring (bicyclic) bond motifs is 4. The minimum atomic E-state index is -4.02. The molecular formula is C49H54N3O7S+. The molecule has 4 aromatic rings. The number of hydroxylamine groups is 2. The van der Waals surface area contributed by atoms with E-state index < -0.39 is 27.9 Å². The number of carbonyl (C=O) groups is 3. The molecule has 0 aliphatic carbocycles. The zero-order chi connectivity index (χ0) is 42.7. The molecule has 1 fully saturated rings. The van der Waals surface area contributed by atoms with Gasteiger partial charge in [0, 0.05) is 66.7 Å². The number of unbranched alkanes of at least 4 members (excludes halogenated alkanes) is 3. The normalized spacial score (nSPS) is 18.1. The third-order valence-corrected chi connectivity index (χ3v) is 12.8. The van der Waals surface area contributed by atoms with Gasteiger partial charge in [-0.05, 0) is 90.9 Å². The van der Waals surface area contributed by atoms with E-state index in [-0.39, 0.29) is 35.8 Å². The Labute approximate surface area is 352 Å². The Kier molecular flexibility index (Phi) is 12.4. The summed E-state index contributed by atoms with van der Waals surface area (Å²) in [6, 6.07) is 25.8. The van der Waals surface area contributed by atoms with Crippen molar-refractivity contribution in [2.75, 3.05) is 23.7 Å². The second-order valence-corrected chi connectivity index (χ2v) is 18.5. The van der Waals surface area contributed by atoms with Crippen LogP contribution in [0.1, 0.15) is 90.2 Å². The number of anilines is 1. The van der Waals surface area contributed by atoms with Crippen LogP contribution < -0.4 is 4.90 Å². The molecule has 2 amide bonds. The van der Waals surface area contributed by atoms with Gasteiger partial charge in [0.25, 0.3) is 21.9 Å². The van der Waals surface area contributed by atoms with Crippen LogP contribution in [0.2, 0.25) is 0 Å². The highest BCUT2D eigenvalue weighted by Crippen LogP contribution is 2.49. The van der Waals surface area contributed by atoms with E-state index in [1.807, 2.05) is 30.4 Å². The molecule has 0 spiro atoms. The van der Waals surface area contributed by atoms with Crippen molar-refractivity contribution in [1.29, 1.82) is 0 Å². The Bertz CT molecular complexity index is 2600. The summed E-state index contributed by atoms with van der Waals surface area (Å²) in [5, 5.41) is 5.30. The molecule has 4 aromatic carbocycles. The maximum absolute atomic E-state index is 12.4. The van der Waals surface area contributed by atoms with Crippen LogP contribution in [0, 0.1) is 0 Å². The maximum Gasteiger partial charge on any atom is 0.333 e. The number of imide groups is 1. The third kappa shape index (κ3) is 9.07. The number of hydrogen-bond acceptors (Lipinski definition) is 7. The zero-order valence-corrected chi connectivity index (χ0v) is 35.7.